The van der Waals surface area contributed by atoms with E-state index in [-0.39, 0.29) is 5.82 Å². The van der Waals surface area contributed by atoms with Gasteiger partial charge < -0.3 is 20.7 Å². The van der Waals surface area contributed by atoms with Crippen LogP contribution >= 0.6 is 12.6 Å². The van der Waals surface area contributed by atoms with E-state index in [2.05, 4.69) is 28.6 Å². The Balaban J connectivity index is 2.04. The summed E-state index contributed by atoms with van der Waals surface area (Å²) in [7, 11) is 0. The van der Waals surface area contributed by atoms with Crippen LogP contribution in [0.2, 0.25) is 0 Å². The van der Waals surface area contributed by atoms with Crippen LogP contribution in [0.5, 0.6) is 0 Å². The normalized spacial score (nSPS) is 12.1. The highest BCUT2D eigenvalue weighted by atomic mass is 32.1. The van der Waals surface area contributed by atoms with Crippen LogP contribution in [0.1, 0.15) is 33.3 Å². The zero-order valence-corrected chi connectivity index (χ0v) is 17.8. The highest BCUT2D eigenvalue weighted by molar-refractivity contribution is 7.80. The molecule has 0 aliphatic carbocycles. The lowest BCUT2D eigenvalue weighted by Gasteiger charge is -2.22. The van der Waals surface area contributed by atoms with Crippen molar-refractivity contribution in [2.45, 2.75) is 50.8 Å². The lowest BCUT2D eigenvalue weighted by atomic mass is 10.2. The third-order valence-electron chi connectivity index (χ3n) is 3.81. The van der Waals surface area contributed by atoms with Crippen LogP contribution in [0, 0.1) is 5.82 Å². The third kappa shape index (κ3) is 7.30. The fraction of sp³-hybridized carbons (Fsp3) is 0.333. The van der Waals surface area contributed by atoms with E-state index in [0.29, 0.717) is 22.8 Å². The molecular weight excluding hydrogens is 393 g/mol. The van der Waals surface area contributed by atoms with Gasteiger partial charge >= 0.3 is 6.09 Å². The Labute approximate surface area is 175 Å². The van der Waals surface area contributed by atoms with E-state index in [0.717, 1.165) is 5.56 Å². The summed E-state index contributed by atoms with van der Waals surface area (Å²) in [6.07, 6.45) is -0.669. The Morgan fingerprint density at radius 3 is 2.41 bits per heavy atom. The van der Waals surface area contributed by atoms with Gasteiger partial charge in [-0.05, 0) is 57.5 Å². The van der Waals surface area contributed by atoms with Crippen LogP contribution in [-0.2, 0) is 16.1 Å². The first-order valence-corrected chi connectivity index (χ1v) is 9.60. The molecule has 2 aromatic carbocycles. The molecule has 0 aliphatic heterocycles. The number of halogens is 1. The van der Waals surface area contributed by atoms with Crippen LogP contribution in [0.15, 0.2) is 47.4 Å². The lowest BCUT2D eigenvalue weighted by Crippen LogP contribution is -2.44. The number of para-hydroxylation sites is 1. The van der Waals surface area contributed by atoms with Crippen molar-refractivity contribution >= 4 is 36.0 Å². The number of anilines is 2. The maximum atomic E-state index is 13.1. The molecule has 2 amide bonds. The number of hydrogen-bond acceptors (Lipinski definition) is 5. The van der Waals surface area contributed by atoms with Crippen molar-refractivity contribution in [2.24, 2.45) is 0 Å². The summed E-state index contributed by atoms with van der Waals surface area (Å²) in [4.78, 5) is 25.0. The summed E-state index contributed by atoms with van der Waals surface area (Å²) in [6.45, 7) is 7.22. The van der Waals surface area contributed by atoms with Crippen LogP contribution < -0.4 is 16.0 Å². The summed E-state index contributed by atoms with van der Waals surface area (Å²) in [5.74, 6) is -0.706. The van der Waals surface area contributed by atoms with Crippen molar-refractivity contribution in [3.8, 4) is 0 Å². The van der Waals surface area contributed by atoms with E-state index >= 15 is 0 Å². The molecule has 0 aliphatic rings. The van der Waals surface area contributed by atoms with Gasteiger partial charge in [0.1, 0.15) is 17.5 Å². The molecule has 0 saturated carbocycles. The third-order valence-corrected chi connectivity index (χ3v) is 4.18. The first kappa shape index (κ1) is 22.5. The molecule has 3 N–H and O–H groups in total. The maximum absolute atomic E-state index is 13.1. The van der Waals surface area contributed by atoms with Gasteiger partial charge in [-0.25, -0.2) is 9.18 Å². The van der Waals surface area contributed by atoms with Gasteiger partial charge in [0.05, 0.1) is 11.4 Å². The molecule has 0 fully saturated rings. The highest BCUT2D eigenvalue weighted by Crippen LogP contribution is 2.29. The fourth-order valence-electron chi connectivity index (χ4n) is 2.41. The molecule has 0 saturated heterocycles. The predicted molar refractivity (Wildman–Crippen MR) is 115 cm³/mol. The largest absolute Gasteiger partial charge is 0.444 e. The summed E-state index contributed by atoms with van der Waals surface area (Å²) >= 11 is 4.44. The molecule has 8 heteroatoms. The second-order valence-electron chi connectivity index (χ2n) is 7.54. The van der Waals surface area contributed by atoms with Crippen LogP contribution in [0.4, 0.5) is 20.6 Å². The first-order valence-electron chi connectivity index (χ1n) is 9.16. The van der Waals surface area contributed by atoms with Crippen molar-refractivity contribution in [2.75, 3.05) is 10.6 Å². The molecule has 0 unspecified atom stereocenters. The predicted octanol–water partition coefficient (Wildman–Crippen LogP) is 4.58. The minimum Gasteiger partial charge on any atom is -0.444 e. The number of hydrogen-bond donors (Lipinski definition) is 4. The maximum Gasteiger partial charge on any atom is 0.408 e. The van der Waals surface area contributed by atoms with Crippen molar-refractivity contribution < 1.29 is 18.7 Å². The van der Waals surface area contributed by atoms with E-state index in [1.807, 2.05) is 0 Å². The standard InChI is InChI=1S/C21H26FN3O3S/c1-13(24-20(27)28-21(2,3)4)19(26)25-16-6-5-7-17(29)18(16)23-12-14-8-10-15(22)11-9-14/h5-11,13,23,29H,12H2,1-4H3,(H,24,27)(H,25,26)/t13-/m0/s1. The smallest absolute Gasteiger partial charge is 0.408 e. The van der Waals surface area contributed by atoms with Gasteiger partial charge in [0.15, 0.2) is 0 Å². The quantitative estimate of drug-likeness (QED) is 0.517. The number of nitrogens with one attached hydrogen (secondary N) is 3. The Bertz CT molecular complexity index is 866. The zero-order chi connectivity index (χ0) is 21.6. The van der Waals surface area contributed by atoms with E-state index in [1.54, 1.807) is 58.0 Å². The van der Waals surface area contributed by atoms with E-state index in [9.17, 15) is 14.0 Å². The average Bonchev–Trinajstić information content (AvgIpc) is 2.61. The number of ether oxygens (including phenoxy) is 1. The van der Waals surface area contributed by atoms with Crippen LogP contribution in [-0.4, -0.2) is 23.6 Å². The van der Waals surface area contributed by atoms with E-state index < -0.39 is 23.6 Å². The number of amides is 2. The molecule has 6 nitrogen and oxygen atoms in total. The summed E-state index contributed by atoms with van der Waals surface area (Å²) < 4.78 is 18.2. The number of carbonyl (C=O) groups excluding carboxylic acids is 2. The van der Waals surface area contributed by atoms with E-state index in [4.69, 9.17) is 4.74 Å². The van der Waals surface area contributed by atoms with Gasteiger partial charge in [0.2, 0.25) is 5.91 Å². The Morgan fingerprint density at radius 1 is 1.14 bits per heavy atom. The minimum absolute atomic E-state index is 0.303. The summed E-state index contributed by atoms with van der Waals surface area (Å²) in [5.41, 5.74) is 1.36. The van der Waals surface area contributed by atoms with Gasteiger partial charge in [-0.3, -0.25) is 4.79 Å². The van der Waals surface area contributed by atoms with Gasteiger partial charge in [-0.2, -0.15) is 0 Å². The highest BCUT2D eigenvalue weighted by Gasteiger charge is 2.21. The summed E-state index contributed by atoms with van der Waals surface area (Å²) in [5, 5.41) is 8.50. The molecule has 0 radical (unpaired) electrons. The van der Waals surface area contributed by atoms with Crippen molar-refractivity contribution in [3.63, 3.8) is 0 Å². The topological polar surface area (TPSA) is 79.5 Å². The fourth-order valence-corrected chi connectivity index (χ4v) is 2.70. The number of carbonyl (C=O) groups is 2. The van der Waals surface area contributed by atoms with Gasteiger partial charge in [-0.15, -0.1) is 12.6 Å². The molecular formula is C21H26FN3O3S. The van der Waals surface area contributed by atoms with Crippen LogP contribution in [0.25, 0.3) is 0 Å². The van der Waals surface area contributed by atoms with Gasteiger partial charge in [0.25, 0.3) is 0 Å². The number of thiol groups is 1. The van der Waals surface area contributed by atoms with Gasteiger partial charge in [0, 0.05) is 11.4 Å². The lowest BCUT2D eigenvalue weighted by molar-refractivity contribution is -0.117. The monoisotopic (exact) mass is 419 g/mol. The Morgan fingerprint density at radius 2 is 1.79 bits per heavy atom. The molecule has 0 aromatic heterocycles. The summed E-state index contributed by atoms with van der Waals surface area (Å²) in [6, 6.07) is 10.6. The van der Waals surface area contributed by atoms with Crippen molar-refractivity contribution in [1.82, 2.24) is 5.32 Å². The number of benzene rings is 2. The molecule has 0 heterocycles. The SMILES string of the molecule is C[C@H](NC(=O)OC(C)(C)C)C(=O)Nc1cccc(S)c1NCc1ccc(F)cc1. The Hall–Kier alpha value is -2.74. The molecule has 29 heavy (non-hydrogen) atoms. The minimum atomic E-state index is -0.807. The Kier molecular flexibility index (Phi) is 7.50. The second-order valence-corrected chi connectivity index (χ2v) is 8.02. The molecule has 2 aromatic rings. The first-order chi connectivity index (χ1) is 13.5. The van der Waals surface area contributed by atoms with E-state index in [1.165, 1.54) is 12.1 Å². The van der Waals surface area contributed by atoms with Crippen LogP contribution in [0.3, 0.4) is 0 Å². The number of rotatable bonds is 6. The van der Waals surface area contributed by atoms with Crippen molar-refractivity contribution in [3.05, 3.63) is 53.8 Å². The molecule has 0 spiro atoms. The number of alkyl carbamates (subject to hydrolysis) is 1. The second kappa shape index (κ2) is 9.65. The molecule has 1 atom stereocenters. The average molecular weight is 420 g/mol. The zero-order valence-electron chi connectivity index (χ0n) is 16.9. The molecule has 156 valence electrons. The van der Waals surface area contributed by atoms with Gasteiger partial charge in [-0.1, -0.05) is 18.2 Å². The molecule has 0 bridgehead atoms. The molecule has 2 rings (SSSR count). The van der Waals surface area contributed by atoms with Crippen molar-refractivity contribution in [1.29, 1.82) is 0 Å².